The number of hydrogen-bond acceptors (Lipinski definition) is 5. The standard InChI is InChI=1S/C15H15Cl3N2O2S/c1-4-22-14(21)10-7(2)19-15(23-3)20-13(10)11-8(16)5-6-9(17)12(11)18/h5-6,13H,4H2,1-3H3,(H,19,20). The lowest BCUT2D eigenvalue weighted by Crippen LogP contribution is -2.30. The number of amidine groups is 1. The van der Waals surface area contributed by atoms with E-state index in [9.17, 15) is 4.79 Å². The van der Waals surface area contributed by atoms with E-state index >= 15 is 0 Å². The molecule has 0 fully saturated rings. The smallest absolute Gasteiger partial charge is 0.338 e. The third kappa shape index (κ3) is 3.79. The zero-order valence-electron chi connectivity index (χ0n) is 12.7. The van der Waals surface area contributed by atoms with Crippen molar-refractivity contribution in [3.05, 3.63) is 44.0 Å². The molecule has 8 heteroatoms. The largest absolute Gasteiger partial charge is 0.463 e. The number of rotatable bonds is 3. The number of thioether (sulfide) groups is 1. The molecule has 1 unspecified atom stereocenters. The maximum atomic E-state index is 12.4. The quantitative estimate of drug-likeness (QED) is 0.589. The Bertz CT molecular complexity index is 704. The molecule has 0 spiro atoms. The molecule has 0 saturated heterocycles. The van der Waals surface area contributed by atoms with Crippen LogP contribution in [0.4, 0.5) is 0 Å². The molecule has 2 rings (SSSR count). The molecule has 0 amide bonds. The van der Waals surface area contributed by atoms with E-state index < -0.39 is 12.0 Å². The number of nitrogens with zero attached hydrogens (tertiary/aromatic N) is 1. The van der Waals surface area contributed by atoms with E-state index in [0.29, 0.717) is 32.0 Å². The van der Waals surface area contributed by atoms with Gasteiger partial charge in [0.15, 0.2) is 5.17 Å². The number of allylic oxidation sites excluding steroid dienone is 1. The van der Waals surface area contributed by atoms with Crippen LogP contribution in [0.15, 0.2) is 28.4 Å². The van der Waals surface area contributed by atoms with Gasteiger partial charge in [-0.25, -0.2) is 9.79 Å². The summed E-state index contributed by atoms with van der Waals surface area (Å²) in [4.78, 5) is 16.9. The number of benzene rings is 1. The normalized spacial score (nSPS) is 17.7. The van der Waals surface area contributed by atoms with Gasteiger partial charge < -0.3 is 10.1 Å². The summed E-state index contributed by atoms with van der Waals surface area (Å²) in [5, 5.41) is 4.77. The van der Waals surface area contributed by atoms with Gasteiger partial charge >= 0.3 is 5.97 Å². The summed E-state index contributed by atoms with van der Waals surface area (Å²) >= 11 is 20.2. The third-order valence-electron chi connectivity index (χ3n) is 3.26. The van der Waals surface area contributed by atoms with Gasteiger partial charge in [0, 0.05) is 16.3 Å². The predicted molar refractivity (Wildman–Crippen MR) is 97.6 cm³/mol. The first kappa shape index (κ1) is 18.5. The van der Waals surface area contributed by atoms with Crippen LogP contribution in [0, 0.1) is 0 Å². The summed E-state index contributed by atoms with van der Waals surface area (Å²) in [6, 6.07) is 2.58. The molecular weight excluding hydrogens is 379 g/mol. The number of nitrogens with one attached hydrogen (secondary N) is 1. The first-order valence-electron chi connectivity index (χ1n) is 6.80. The molecule has 1 aromatic rings. The summed E-state index contributed by atoms with van der Waals surface area (Å²) in [7, 11) is 0. The Balaban J connectivity index is 2.63. The molecule has 1 aromatic carbocycles. The second-order valence-electron chi connectivity index (χ2n) is 4.68. The van der Waals surface area contributed by atoms with Gasteiger partial charge in [0.05, 0.1) is 22.2 Å². The van der Waals surface area contributed by atoms with Crippen molar-refractivity contribution in [1.82, 2.24) is 5.32 Å². The Labute approximate surface area is 154 Å². The van der Waals surface area contributed by atoms with E-state index in [2.05, 4.69) is 10.3 Å². The van der Waals surface area contributed by atoms with Crippen LogP contribution in [0.2, 0.25) is 15.1 Å². The highest BCUT2D eigenvalue weighted by Gasteiger charge is 2.33. The highest BCUT2D eigenvalue weighted by Crippen LogP contribution is 2.42. The molecule has 1 heterocycles. The van der Waals surface area contributed by atoms with Gasteiger partial charge in [0.25, 0.3) is 0 Å². The van der Waals surface area contributed by atoms with Crippen LogP contribution in [-0.4, -0.2) is 24.0 Å². The zero-order valence-corrected chi connectivity index (χ0v) is 15.8. The van der Waals surface area contributed by atoms with Crippen LogP contribution >= 0.6 is 46.6 Å². The summed E-state index contributed by atoms with van der Waals surface area (Å²) < 4.78 is 5.15. The number of carbonyl (C=O) groups excluding carboxylic acids is 1. The van der Waals surface area contributed by atoms with Crippen LogP contribution in [0.25, 0.3) is 0 Å². The Kier molecular flexibility index (Phi) is 6.26. The van der Waals surface area contributed by atoms with Crippen LogP contribution in [0.5, 0.6) is 0 Å². The molecule has 23 heavy (non-hydrogen) atoms. The third-order valence-corrected chi connectivity index (χ3v) is 5.00. The predicted octanol–water partition coefficient (Wildman–Crippen LogP) is 4.85. The van der Waals surface area contributed by atoms with E-state index in [1.807, 2.05) is 6.26 Å². The van der Waals surface area contributed by atoms with Gasteiger partial charge in [-0.3, -0.25) is 0 Å². The van der Waals surface area contributed by atoms with E-state index in [0.717, 1.165) is 0 Å². The van der Waals surface area contributed by atoms with Crippen LogP contribution < -0.4 is 5.32 Å². The van der Waals surface area contributed by atoms with E-state index in [1.165, 1.54) is 11.8 Å². The molecular formula is C15H15Cl3N2O2S. The van der Waals surface area contributed by atoms with Crippen molar-refractivity contribution in [2.75, 3.05) is 12.9 Å². The van der Waals surface area contributed by atoms with Crippen molar-refractivity contribution < 1.29 is 9.53 Å². The van der Waals surface area contributed by atoms with Gasteiger partial charge in [-0.15, -0.1) is 0 Å². The van der Waals surface area contributed by atoms with Crippen LogP contribution in [0.1, 0.15) is 25.5 Å². The Morgan fingerprint density at radius 3 is 2.61 bits per heavy atom. The maximum absolute atomic E-state index is 12.4. The van der Waals surface area contributed by atoms with Crippen LogP contribution in [0.3, 0.4) is 0 Å². The number of aliphatic imine (C=N–C) groups is 1. The first-order valence-corrected chi connectivity index (χ1v) is 9.16. The average molecular weight is 394 g/mol. The summed E-state index contributed by atoms with van der Waals surface area (Å²) in [6.07, 6.45) is 1.88. The molecule has 1 aliphatic rings. The molecule has 1 aliphatic heterocycles. The SMILES string of the molecule is CCOC(=O)C1=C(C)NC(SC)=NC1c1c(Cl)ccc(Cl)c1Cl. The Morgan fingerprint density at radius 1 is 1.35 bits per heavy atom. The van der Waals surface area contributed by atoms with Crippen molar-refractivity contribution >= 4 is 57.7 Å². The molecule has 1 atom stereocenters. The second-order valence-corrected chi connectivity index (χ2v) is 6.67. The van der Waals surface area contributed by atoms with Crippen molar-refractivity contribution in [2.24, 2.45) is 4.99 Å². The highest BCUT2D eigenvalue weighted by molar-refractivity contribution is 8.13. The van der Waals surface area contributed by atoms with E-state index in [1.54, 1.807) is 26.0 Å². The Hall–Kier alpha value is -0.880. The fraction of sp³-hybridized carbons (Fsp3) is 0.333. The van der Waals surface area contributed by atoms with Gasteiger partial charge in [-0.05, 0) is 32.2 Å². The van der Waals surface area contributed by atoms with Crippen molar-refractivity contribution in [1.29, 1.82) is 0 Å². The average Bonchev–Trinajstić information content (AvgIpc) is 2.51. The minimum absolute atomic E-state index is 0.262. The highest BCUT2D eigenvalue weighted by atomic mass is 35.5. The van der Waals surface area contributed by atoms with Gasteiger partial charge in [-0.1, -0.05) is 46.6 Å². The summed E-state index contributed by atoms with van der Waals surface area (Å²) in [5.41, 5.74) is 1.52. The van der Waals surface area contributed by atoms with Crippen molar-refractivity contribution in [3.63, 3.8) is 0 Å². The molecule has 0 aromatic heterocycles. The molecule has 124 valence electrons. The maximum Gasteiger partial charge on any atom is 0.338 e. The second kappa shape index (κ2) is 7.79. The minimum atomic E-state index is -0.670. The fourth-order valence-corrected chi connectivity index (χ4v) is 3.43. The lowest BCUT2D eigenvalue weighted by Gasteiger charge is -2.26. The monoisotopic (exact) mass is 392 g/mol. The summed E-state index contributed by atoms with van der Waals surface area (Å²) in [5.74, 6) is -0.460. The number of esters is 1. The van der Waals surface area contributed by atoms with Gasteiger partial charge in [-0.2, -0.15) is 0 Å². The van der Waals surface area contributed by atoms with Crippen LogP contribution in [-0.2, 0) is 9.53 Å². The number of carbonyl (C=O) groups is 1. The topological polar surface area (TPSA) is 50.7 Å². The first-order chi connectivity index (χ1) is 10.9. The summed E-state index contributed by atoms with van der Waals surface area (Å²) in [6.45, 7) is 3.80. The lowest BCUT2D eigenvalue weighted by molar-refractivity contribution is -0.138. The number of ether oxygens (including phenoxy) is 1. The number of halogens is 3. The van der Waals surface area contributed by atoms with Gasteiger partial charge in [0.2, 0.25) is 0 Å². The lowest BCUT2D eigenvalue weighted by atomic mass is 9.96. The molecule has 0 radical (unpaired) electrons. The van der Waals surface area contributed by atoms with Crippen molar-refractivity contribution in [2.45, 2.75) is 19.9 Å². The van der Waals surface area contributed by atoms with Crippen molar-refractivity contribution in [3.8, 4) is 0 Å². The fourth-order valence-electron chi connectivity index (χ4n) is 2.23. The zero-order chi connectivity index (χ0) is 17.1. The molecule has 0 saturated carbocycles. The number of hydrogen-bond donors (Lipinski definition) is 1. The molecule has 0 aliphatic carbocycles. The molecule has 4 nitrogen and oxygen atoms in total. The minimum Gasteiger partial charge on any atom is -0.463 e. The molecule has 1 N–H and O–H groups in total. The van der Waals surface area contributed by atoms with Gasteiger partial charge in [0.1, 0.15) is 6.04 Å². The van der Waals surface area contributed by atoms with E-state index in [4.69, 9.17) is 39.5 Å². The van der Waals surface area contributed by atoms with E-state index in [-0.39, 0.29) is 11.6 Å². The molecule has 0 bridgehead atoms. The Morgan fingerprint density at radius 2 is 2.00 bits per heavy atom.